The van der Waals surface area contributed by atoms with Crippen molar-refractivity contribution < 1.29 is 13.2 Å². The average Bonchev–Trinajstić information content (AvgIpc) is 3.01. The molecule has 0 unspecified atom stereocenters. The molecule has 1 heterocycles. The van der Waals surface area contributed by atoms with Crippen molar-refractivity contribution in [2.75, 3.05) is 26.7 Å². The molecule has 1 rings (SSSR count). The third-order valence-corrected chi connectivity index (χ3v) is 5.03. The number of aromatic nitrogens is 3. The van der Waals surface area contributed by atoms with Crippen LogP contribution in [-0.4, -0.2) is 65.1 Å². The van der Waals surface area contributed by atoms with Crippen molar-refractivity contribution in [3.8, 4) is 0 Å². The van der Waals surface area contributed by atoms with E-state index in [2.05, 4.69) is 16.7 Å². The lowest BCUT2D eigenvalue weighted by Gasteiger charge is -2.20. The van der Waals surface area contributed by atoms with Gasteiger partial charge in [-0.05, 0) is 12.8 Å². The molecule has 0 fully saturated rings. The van der Waals surface area contributed by atoms with Crippen molar-refractivity contribution in [1.29, 1.82) is 0 Å². The Bertz CT molecular complexity index is 674. The maximum absolute atomic E-state index is 12.4. The standard InChI is InChI=1S/C14H24ClN5O3S/c1-5-7-9-18(4)24(22,23)13-16-11-20(17-13)14(21)19(8-6-2)10-12(3)15/h11H,3,5-10H2,1-2,4H3. The Balaban J connectivity index is 2.97. The Hall–Kier alpha value is -1.45. The van der Waals surface area contributed by atoms with Gasteiger partial charge in [-0.15, -0.1) is 5.10 Å². The van der Waals surface area contributed by atoms with E-state index in [-0.39, 0.29) is 6.54 Å². The van der Waals surface area contributed by atoms with E-state index in [0.717, 1.165) is 30.3 Å². The first kappa shape index (κ1) is 20.6. The van der Waals surface area contributed by atoms with Crippen molar-refractivity contribution in [2.45, 2.75) is 38.3 Å². The Labute approximate surface area is 148 Å². The number of hydrogen-bond acceptors (Lipinski definition) is 5. The molecule has 0 radical (unpaired) electrons. The maximum atomic E-state index is 12.4. The van der Waals surface area contributed by atoms with Gasteiger partial charge in [0.2, 0.25) is 0 Å². The third kappa shape index (κ3) is 5.29. The smallest absolute Gasteiger partial charge is 0.318 e. The van der Waals surface area contributed by atoms with E-state index in [1.807, 2.05) is 13.8 Å². The van der Waals surface area contributed by atoms with Gasteiger partial charge in [-0.2, -0.15) is 8.99 Å². The van der Waals surface area contributed by atoms with Crippen LogP contribution in [0.25, 0.3) is 0 Å². The van der Waals surface area contributed by atoms with Gasteiger partial charge in [0.25, 0.3) is 15.2 Å². The molecule has 0 aliphatic heterocycles. The van der Waals surface area contributed by atoms with Gasteiger partial charge in [0.05, 0.1) is 6.54 Å². The maximum Gasteiger partial charge on any atom is 0.346 e. The van der Waals surface area contributed by atoms with Crippen LogP contribution in [0.3, 0.4) is 0 Å². The second-order valence-electron chi connectivity index (χ2n) is 5.37. The van der Waals surface area contributed by atoms with Crippen molar-refractivity contribution in [3.63, 3.8) is 0 Å². The van der Waals surface area contributed by atoms with Crippen LogP contribution in [0.4, 0.5) is 4.79 Å². The minimum atomic E-state index is -3.81. The molecule has 0 aliphatic rings. The van der Waals surface area contributed by atoms with Gasteiger partial charge in [0.15, 0.2) is 0 Å². The molecule has 24 heavy (non-hydrogen) atoms. The van der Waals surface area contributed by atoms with E-state index < -0.39 is 21.2 Å². The van der Waals surface area contributed by atoms with Gasteiger partial charge in [0, 0.05) is 25.2 Å². The molecule has 8 nitrogen and oxygen atoms in total. The number of amides is 1. The normalized spacial score (nSPS) is 11.7. The van der Waals surface area contributed by atoms with Crippen LogP contribution >= 0.6 is 11.6 Å². The van der Waals surface area contributed by atoms with E-state index in [1.165, 1.54) is 16.3 Å². The minimum Gasteiger partial charge on any atom is -0.318 e. The van der Waals surface area contributed by atoms with E-state index in [9.17, 15) is 13.2 Å². The summed E-state index contributed by atoms with van der Waals surface area (Å²) in [4.78, 5) is 17.6. The summed E-state index contributed by atoms with van der Waals surface area (Å²) in [7, 11) is -2.34. The summed E-state index contributed by atoms with van der Waals surface area (Å²) in [5.74, 6) is 0. The number of hydrogen-bond donors (Lipinski definition) is 0. The van der Waals surface area contributed by atoms with Crippen molar-refractivity contribution in [2.24, 2.45) is 0 Å². The second-order valence-corrected chi connectivity index (χ2v) is 7.85. The number of rotatable bonds is 9. The molecule has 1 aromatic rings. The molecule has 0 saturated heterocycles. The highest BCUT2D eigenvalue weighted by atomic mass is 35.5. The fourth-order valence-corrected chi connectivity index (χ4v) is 3.13. The number of carbonyl (C=O) groups is 1. The molecular weight excluding hydrogens is 354 g/mol. The Morgan fingerprint density at radius 2 is 2.00 bits per heavy atom. The number of sulfonamides is 1. The number of nitrogens with zero attached hydrogens (tertiary/aromatic N) is 5. The van der Waals surface area contributed by atoms with Gasteiger partial charge in [-0.1, -0.05) is 38.4 Å². The monoisotopic (exact) mass is 377 g/mol. The zero-order valence-electron chi connectivity index (χ0n) is 14.3. The van der Waals surface area contributed by atoms with E-state index in [1.54, 1.807) is 0 Å². The molecule has 0 N–H and O–H groups in total. The first-order valence-electron chi connectivity index (χ1n) is 7.74. The molecule has 0 atom stereocenters. The molecular formula is C14H24ClN5O3S. The van der Waals surface area contributed by atoms with Crippen molar-refractivity contribution >= 4 is 27.7 Å². The molecule has 1 aromatic heterocycles. The zero-order valence-corrected chi connectivity index (χ0v) is 15.8. The van der Waals surface area contributed by atoms with Crippen LogP contribution in [0.2, 0.25) is 0 Å². The molecule has 0 spiro atoms. The quantitative estimate of drug-likeness (QED) is 0.657. The highest BCUT2D eigenvalue weighted by molar-refractivity contribution is 7.88. The fraction of sp³-hybridized carbons (Fsp3) is 0.643. The van der Waals surface area contributed by atoms with E-state index in [4.69, 9.17) is 11.6 Å². The first-order chi connectivity index (χ1) is 11.2. The Morgan fingerprint density at radius 3 is 2.54 bits per heavy atom. The van der Waals surface area contributed by atoms with Crippen molar-refractivity contribution in [3.05, 3.63) is 17.9 Å². The summed E-state index contributed by atoms with van der Waals surface area (Å²) in [6, 6.07) is -0.496. The summed E-state index contributed by atoms with van der Waals surface area (Å²) in [5, 5.41) is 3.75. The molecule has 10 heteroatoms. The number of carbonyl (C=O) groups excluding carboxylic acids is 1. The minimum absolute atomic E-state index is 0.159. The molecule has 0 aromatic carbocycles. The molecule has 0 saturated carbocycles. The fourth-order valence-electron chi connectivity index (χ4n) is 1.96. The average molecular weight is 378 g/mol. The molecule has 136 valence electrons. The van der Waals surface area contributed by atoms with Crippen LogP contribution in [-0.2, 0) is 10.0 Å². The summed E-state index contributed by atoms with van der Waals surface area (Å²) in [6.07, 6.45) is 3.42. The van der Waals surface area contributed by atoms with Crippen LogP contribution < -0.4 is 0 Å². The zero-order chi connectivity index (χ0) is 18.3. The largest absolute Gasteiger partial charge is 0.346 e. The van der Waals surface area contributed by atoms with Gasteiger partial charge >= 0.3 is 6.03 Å². The summed E-state index contributed by atoms with van der Waals surface area (Å²) in [5.41, 5.74) is 0. The lowest BCUT2D eigenvalue weighted by atomic mass is 10.3. The van der Waals surface area contributed by atoms with Gasteiger partial charge in [0.1, 0.15) is 6.33 Å². The predicted octanol–water partition coefficient (Wildman–Crippen LogP) is 2.13. The van der Waals surface area contributed by atoms with E-state index >= 15 is 0 Å². The number of unbranched alkanes of at least 4 members (excludes halogenated alkanes) is 1. The molecule has 0 aliphatic carbocycles. The lowest BCUT2D eigenvalue weighted by Crippen LogP contribution is -2.36. The summed E-state index contributed by atoms with van der Waals surface area (Å²) in [6.45, 7) is 8.44. The molecule has 1 amide bonds. The highest BCUT2D eigenvalue weighted by Crippen LogP contribution is 2.11. The van der Waals surface area contributed by atoms with Crippen LogP contribution in [0.1, 0.15) is 33.1 Å². The van der Waals surface area contributed by atoms with E-state index in [0.29, 0.717) is 18.1 Å². The predicted molar refractivity (Wildman–Crippen MR) is 92.4 cm³/mol. The summed E-state index contributed by atoms with van der Waals surface area (Å²) < 4.78 is 26.8. The van der Waals surface area contributed by atoms with Gasteiger partial charge < -0.3 is 4.90 Å². The van der Waals surface area contributed by atoms with Crippen LogP contribution in [0, 0.1) is 0 Å². The van der Waals surface area contributed by atoms with Gasteiger partial charge in [-0.3, -0.25) is 0 Å². The highest BCUT2D eigenvalue weighted by Gasteiger charge is 2.27. The SMILES string of the molecule is C=C(Cl)CN(CCC)C(=O)n1cnc(S(=O)(=O)N(C)CCCC)n1. The Kier molecular flexibility index (Phi) is 7.85. The second kappa shape index (κ2) is 9.14. The third-order valence-electron chi connectivity index (χ3n) is 3.26. The first-order valence-corrected chi connectivity index (χ1v) is 9.56. The van der Waals surface area contributed by atoms with Crippen molar-refractivity contribution in [1.82, 2.24) is 24.0 Å². The molecule has 0 bridgehead atoms. The summed E-state index contributed by atoms with van der Waals surface area (Å²) >= 11 is 5.77. The topological polar surface area (TPSA) is 88.4 Å². The lowest BCUT2D eigenvalue weighted by molar-refractivity contribution is 0.201. The van der Waals surface area contributed by atoms with Crippen LogP contribution in [0.15, 0.2) is 23.1 Å². The van der Waals surface area contributed by atoms with Gasteiger partial charge in [-0.25, -0.2) is 18.2 Å². The van der Waals surface area contributed by atoms with Crippen LogP contribution in [0.5, 0.6) is 0 Å². The Morgan fingerprint density at radius 1 is 1.33 bits per heavy atom. The number of halogens is 1.